The molecule has 26 heavy (non-hydrogen) atoms. The Hall–Kier alpha value is -3.22. The highest BCUT2D eigenvalue weighted by Crippen LogP contribution is 2.30. The molecule has 2 aromatic rings. The van der Waals surface area contributed by atoms with E-state index in [1.807, 2.05) is 6.07 Å². The van der Waals surface area contributed by atoms with Gasteiger partial charge in [-0.1, -0.05) is 24.3 Å². The molecule has 2 rings (SSSR count). The summed E-state index contributed by atoms with van der Waals surface area (Å²) in [5.74, 6) is -0.250. The zero-order valence-electron chi connectivity index (χ0n) is 14.6. The zero-order valence-corrected chi connectivity index (χ0v) is 14.6. The Morgan fingerprint density at radius 1 is 1.04 bits per heavy atom. The van der Waals surface area contributed by atoms with Gasteiger partial charge in [0.15, 0.2) is 18.1 Å². The number of amides is 1. The summed E-state index contributed by atoms with van der Waals surface area (Å²) in [5.41, 5.74) is 0.555. The van der Waals surface area contributed by atoms with Crippen molar-refractivity contribution >= 4 is 11.9 Å². The lowest BCUT2D eigenvalue weighted by Gasteiger charge is -2.21. The Morgan fingerprint density at radius 2 is 1.73 bits per heavy atom. The zero-order chi connectivity index (χ0) is 18.9. The van der Waals surface area contributed by atoms with Crippen molar-refractivity contribution in [3.63, 3.8) is 0 Å². The molecule has 7 heteroatoms. The van der Waals surface area contributed by atoms with Crippen LogP contribution in [-0.4, -0.2) is 32.7 Å². The van der Waals surface area contributed by atoms with Crippen molar-refractivity contribution in [2.45, 2.75) is 12.5 Å². The van der Waals surface area contributed by atoms with E-state index in [9.17, 15) is 14.7 Å². The molecule has 138 valence electrons. The van der Waals surface area contributed by atoms with Gasteiger partial charge in [0.1, 0.15) is 5.75 Å². The maximum Gasteiger partial charge on any atom is 0.258 e. The molecule has 0 aliphatic heterocycles. The van der Waals surface area contributed by atoms with Crippen molar-refractivity contribution in [3.8, 4) is 17.2 Å². The quantitative estimate of drug-likeness (QED) is 0.720. The summed E-state index contributed by atoms with van der Waals surface area (Å²) in [6.45, 7) is -0.235. The Labute approximate surface area is 151 Å². The maximum atomic E-state index is 12.2. The lowest BCUT2D eigenvalue weighted by molar-refractivity contribution is -0.306. The number of hydrogen-bond donors (Lipinski definition) is 1. The molecular weight excluding hydrogens is 338 g/mol. The first-order valence-corrected chi connectivity index (χ1v) is 7.92. The van der Waals surface area contributed by atoms with Crippen LogP contribution in [-0.2, 0) is 9.59 Å². The minimum atomic E-state index is -1.28. The molecule has 1 atom stereocenters. The summed E-state index contributed by atoms with van der Waals surface area (Å²) in [4.78, 5) is 23.2. The van der Waals surface area contributed by atoms with Gasteiger partial charge in [0.05, 0.1) is 20.3 Å². The molecule has 0 radical (unpaired) electrons. The summed E-state index contributed by atoms with van der Waals surface area (Å²) >= 11 is 0. The number of methoxy groups -OCH3 is 2. The van der Waals surface area contributed by atoms with Crippen LogP contribution in [0.1, 0.15) is 18.0 Å². The summed E-state index contributed by atoms with van der Waals surface area (Å²) in [6, 6.07) is 13.0. The van der Waals surface area contributed by atoms with E-state index in [2.05, 4.69) is 5.32 Å². The predicted molar refractivity (Wildman–Crippen MR) is 92.0 cm³/mol. The van der Waals surface area contributed by atoms with Gasteiger partial charge in [-0.2, -0.15) is 0 Å². The van der Waals surface area contributed by atoms with Crippen LogP contribution in [0.3, 0.4) is 0 Å². The number of rotatable bonds is 9. The third kappa shape index (κ3) is 5.41. The number of aliphatic carboxylic acids is 1. The standard InChI is InChI=1S/C19H21NO6/c1-24-16-9-8-13(10-17(16)25-2)15(11-19(22)23)20-18(21)12-26-14-6-4-3-5-7-14/h3-10,15H,11-12H2,1-2H3,(H,20,21)(H,22,23)/p-1/t15-/m0/s1. The fourth-order valence-electron chi connectivity index (χ4n) is 2.39. The van der Waals surface area contributed by atoms with Gasteiger partial charge in [-0.05, 0) is 29.8 Å². The second kappa shape index (κ2) is 9.31. The lowest BCUT2D eigenvalue weighted by Crippen LogP contribution is -2.36. The van der Waals surface area contributed by atoms with Crippen molar-refractivity contribution in [1.29, 1.82) is 0 Å². The monoisotopic (exact) mass is 358 g/mol. The molecule has 0 saturated heterocycles. The first-order chi connectivity index (χ1) is 12.5. The highest BCUT2D eigenvalue weighted by molar-refractivity contribution is 5.79. The number of para-hydroxylation sites is 1. The maximum absolute atomic E-state index is 12.2. The SMILES string of the molecule is COc1ccc([C@H](CC(=O)[O-])NC(=O)COc2ccccc2)cc1OC. The van der Waals surface area contributed by atoms with Crippen LogP contribution >= 0.6 is 0 Å². The number of hydrogen-bond acceptors (Lipinski definition) is 6. The average molecular weight is 358 g/mol. The third-order valence-electron chi connectivity index (χ3n) is 3.63. The summed E-state index contributed by atoms with van der Waals surface area (Å²) < 4.78 is 15.7. The van der Waals surface area contributed by atoms with E-state index in [0.29, 0.717) is 22.8 Å². The Kier molecular flexibility index (Phi) is 6.84. The number of carbonyl (C=O) groups is 2. The Morgan fingerprint density at radius 3 is 2.35 bits per heavy atom. The van der Waals surface area contributed by atoms with E-state index in [4.69, 9.17) is 14.2 Å². The van der Waals surface area contributed by atoms with E-state index in [1.54, 1.807) is 42.5 Å². The van der Waals surface area contributed by atoms with Crippen LogP contribution in [0.4, 0.5) is 0 Å². The van der Waals surface area contributed by atoms with Crippen LogP contribution in [0.25, 0.3) is 0 Å². The molecule has 1 N–H and O–H groups in total. The van der Waals surface area contributed by atoms with Crippen LogP contribution < -0.4 is 24.6 Å². The number of ether oxygens (including phenoxy) is 3. The van der Waals surface area contributed by atoms with E-state index in [1.165, 1.54) is 14.2 Å². The Bertz CT molecular complexity index is 747. The number of benzene rings is 2. The molecular formula is C19H20NO6-. The summed E-state index contributed by atoms with van der Waals surface area (Å²) in [7, 11) is 2.97. The van der Waals surface area contributed by atoms with Crippen molar-refractivity contribution < 1.29 is 28.9 Å². The van der Waals surface area contributed by atoms with Crippen LogP contribution in [0.15, 0.2) is 48.5 Å². The van der Waals surface area contributed by atoms with Crippen molar-refractivity contribution in [1.82, 2.24) is 5.32 Å². The van der Waals surface area contributed by atoms with E-state index in [-0.39, 0.29) is 13.0 Å². The van der Waals surface area contributed by atoms with Crippen molar-refractivity contribution in [2.24, 2.45) is 0 Å². The smallest absolute Gasteiger partial charge is 0.258 e. The normalized spacial score (nSPS) is 11.3. The minimum Gasteiger partial charge on any atom is -0.550 e. The summed E-state index contributed by atoms with van der Waals surface area (Å²) in [6.07, 6.45) is -0.382. The van der Waals surface area contributed by atoms with Gasteiger partial charge in [-0.15, -0.1) is 0 Å². The van der Waals surface area contributed by atoms with Crippen LogP contribution in [0.2, 0.25) is 0 Å². The van der Waals surface area contributed by atoms with Gasteiger partial charge in [-0.3, -0.25) is 4.79 Å². The van der Waals surface area contributed by atoms with E-state index in [0.717, 1.165) is 0 Å². The predicted octanol–water partition coefficient (Wildman–Crippen LogP) is 1.08. The molecule has 0 spiro atoms. The second-order valence-corrected chi connectivity index (χ2v) is 5.41. The topological polar surface area (TPSA) is 96.9 Å². The van der Waals surface area contributed by atoms with Crippen molar-refractivity contribution in [2.75, 3.05) is 20.8 Å². The van der Waals surface area contributed by atoms with Gasteiger partial charge in [0.2, 0.25) is 0 Å². The molecule has 0 aliphatic carbocycles. The molecule has 0 aliphatic rings. The molecule has 2 aromatic carbocycles. The van der Waals surface area contributed by atoms with Gasteiger partial charge in [0.25, 0.3) is 5.91 Å². The van der Waals surface area contributed by atoms with Crippen LogP contribution in [0, 0.1) is 0 Å². The molecule has 7 nitrogen and oxygen atoms in total. The fourth-order valence-corrected chi connectivity index (χ4v) is 2.39. The fraction of sp³-hybridized carbons (Fsp3) is 0.263. The van der Waals surface area contributed by atoms with Gasteiger partial charge in [-0.25, -0.2) is 0 Å². The van der Waals surface area contributed by atoms with Crippen LogP contribution in [0.5, 0.6) is 17.2 Å². The molecule has 0 fully saturated rings. The molecule has 1 amide bonds. The highest BCUT2D eigenvalue weighted by Gasteiger charge is 2.17. The Balaban J connectivity index is 2.09. The van der Waals surface area contributed by atoms with E-state index < -0.39 is 17.9 Å². The van der Waals surface area contributed by atoms with E-state index >= 15 is 0 Å². The third-order valence-corrected chi connectivity index (χ3v) is 3.63. The molecule has 0 saturated carbocycles. The van der Waals surface area contributed by atoms with Gasteiger partial charge >= 0.3 is 0 Å². The summed E-state index contributed by atoms with van der Waals surface area (Å²) in [5, 5.41) is 13.7. The molecule has 0 aromatic heterocycles. The number of carboxylic acids is 1. The van der Waals surface area contributed by atoms with Gasteiger partial charge in [0, 0.05) is 12.4 Å². The average Bonchev–Trinajstić information content (AvgIpc) is 2.65. The van der Waals surface area contributed by atoms with Crippen molar-refractivity contribution in [3.05, 3.63) is 54.1 Å². The number of carbonyl (C=O) groups excluding carboxylic acids is 2. The molecule has 0 unspecified atom stereocenters. The first-order valence-electron chi connectivity index (χ1n) is 7.92. The highest BCUT2D eigenvalue weighted by atomic mass is 16.5. The number of nitrogens with one attached hydrogen (secondary N) is 1. The lowest BCUT2D eigenvalue weighted by atomic mass is 10.0. The molecule has 0 heterocycles. The van der Waals surface area contributed by atoms with Gasteiger partial charge < -0.3 is 29.4 Å². The minimum absolute atomic E-state index is 0.235. The largest absolute Gasteiger partial charge is 0.550 e. The first kappa shape index (κ1) is 19.1. The second-order valence-electron chi connectivity index (χ2n) is 5.41. The number of carboxylic acid groups (broad SMARTS) is 1. The molecule has 0 bridgehead atoms.